The predicted octanol–water partition coefficient (Wildman–Crippen LogP) is 3.94. The summed E-state index contributed by atoms with van der Waals surface area (Å²) < 4.78 is 0. The Morgan fingerprint density at radius 3 is 2.67 bits per heavy atom. The highest BCUT2D eigenvalue weighted by Crippen LogP contribution is 2.28. The Balaban J connectivity index is 2.24. The molecule has 1 heterocycles. The second-order valence-electron chi connectivity index (χ2n) is 4.21. The lowest BCUT2D eigenvalue weighted by atomic mass is 10.0. The third-order valence-corrected chi connectivity index (χ3v) is 3.09. The van der Waals surface area contributed by atoms with E-state index in [1.807, 2.05) is 19.3 Å². The van der Waals surface area contributed by atoms with E-state index in [0.29, 0.717) is 0 Å². The van der Waals surface area contributed by atoms with Gasteiger partial charge in [0.15, 0.2) is 0 Å². The molecule has 0 aliphatic rings. The Labute approximate surface area is 106 Å². The first kappa shape index (κ1) is 10.8. The van der Waals surface area contributed by atoms with E-state index in [2.05, 4.69) is 58.8 Å². The fraction of sp³-hybridized carbons (Fsp3) is 0.0625. The van der Waals surface area contributed by atoms with Crippen LogP contribution < -0.4 is 5.32 Å². The Kier molecular flexibility index (Phi) is 2.69. The summed E-state index contributed by atoms with van der Waals surface area (Å²) in [4.78, 5) is 4.49. The molecule has 0 bridgehead atoms. The maximum Gasteiger partial charge on any atom is 0.0780 e. The molecule has 0 aliphatic carbocycles. The van der Waals surface area contributed by atoms with Gasteiger partial charge in [0.2, 0.25) is 0 Å². The summed E-state index contributed by atoms with van der Waals surface area (Å²) in [5.41, 5.74) is 4.52. The number of benzene rings is 2. The normalized spacial score (nSPS) is 10.5. The molecule has 0 amide bonds. The fourth-order valence-electron chi connectivity index (χ4n) is 2.18. The first-order valence-electron chi connectivity index (χ1n) is 6.00. The van der Waals surface area contributed by atoms with Gasteiger partial charge in [0, 0.05) is 29.9 Å². The molecule has 88 valence electrons. The van der Waals surface area contributed by atoms with Crippen molar-refractivity contribution in [1.29, 1.82) is 0 Å². The summed E-state index contributed by atoms with van der Waals surface area (Å²) in [5.74, 6) is 0. The molecule has 2 heteroatoms. The van der Waals surface area contributed by atoms with Crippen molar-refractivity contribution in [3.8, 4) is 11.1 Å². The van der Waals surface area contributed by atoms with Crippen LogP contribution in [0.1, 0.15) is 0 Å². The van der Waals surface area contributed by atoms with E-state index in [1.165, 1.54) is 16.5 Å². The minimum atomic E-state index is 1.05. The van der Waals surface area contributed by atoms with Crippen molar-refractivity contribution in [2.75, 3.05) is 12.4 Å². The summed E-state index contributed by atoms with van der Waals surface area (Å²) >= 11 is 0. The summed E-state index contributed by atoms with van der Waals surface area (Å²) in [5, 5.41) is 4.34. The van der Waals surface area contributed by atoms with E-state index in [-0.39, 0.29) is 0 Å². The largest absolute Gasteiger partial charge is 0.388 e. The fourth-order valence-corrected chi connectivity index (χ4v) is 2.18. The number of aromatic nitrogens is 1. The monoisotopic (exact) mass is 234 g/mol. The summed E-state index contributed by atoms with van der Waals surface area (Å²) in [6, 6.07) is 18.7. The van der Waals surface area contributed by atoms with Gasteiger partial charge in [-0.15, -0.1) is 0 Å². The summed E-state index contributed by atoms with van der Waals surface area (Å²) in [6.45, 7) is 0. The van der Waals surface area contributed by atoms with Gasteiger partial charge in [-0.05, 0) is 23.8 Å². The lowest BCUT2D eigenvalue weighted by Crippen LogP contribution is -1.89. The smallest absolute Gasteiger partial charge is 0.0780 e. The van der Waals surface area contributed by atoms with E-state index in [9.17, 15) is 0 Å². The molecule has 0 saturated heterocycles. The van der Waals surface area contributed by atoms with E-state index >= 15 is 0 Å². The van der Waals surface area contributed by atoms with Gasteiger partial charge in [-0.3, -0.25) is 4.98 Å². The zero-order valence-corrected chi connectivity index (χ0v) is 10.2. The lowest BCUT2D eigenvalue weighted by Gasteiger charge is -2.07. The highest BCUT2D eigenvalue weighted by Gasteiger charge is 2.04. The minimum Gasteiger partial charge on any atom is -0.388 e. The topological polar surface area (TPSA) is 24.9 Å². The molecule has 0 atom stereocenters. The van der Waals surface area contributed by atoms with Crippen molar-refractivity contribution in [2.45, 2.75) is 0 Å². The second kappa shape index (κ2) is 4.49. The number of nitrogens with zero attached hydrogens (tertiary/aromatic N) is 1. The molecule has 0 saturated carbocycles. The average molecular weight is 234 g/mol. The lowest BCUT2D eigenvalue weighted by molar-refractivity contribution is 1.41. The van der Waals surface area contributed by atoms with Crippen LogP contribution >= 0.6 is 0 Å². The van der Waals surface area contributed by atoms with Crippen molar-refractivity contribution in [3.63, 3.8) is 0 Å². The number of pyridine rings is 1. The SMILES string of the molecule is CNc1cccc(-c2cccc3cccnc23)c1. The highest BCUT2D eigenvalue weighted by molar-refractivity contribution is 5.93. The molecule has 3 aromatic rings. The van der Waals surface area contributed by atoms with Crippen LogP contribution in [0.2, 0.25) is 0 Å². The molecular formula is C16H14N2. The molecule has 0 fully saturated rings. The molecule has 0 aliphatic heterocycles. The number of anilines is 1. The Bertz CT molecular complexity index is 684. The number of hydrogen-bond donors (Lipinski definition) is 1. The average Bonchev–Trinajstić information content (AvgIpc) is 2.47. The summed E-state index contributed by atoms with van der Waals surface area (Å²) in [6.07, 6.45) is 1.84. The molecular weight excluding hydrogens is 220 g/mol. The van der Waals surface area contributed by atoms with E-state index in [1.54, 1.807) is 0 Å². The van der Waals surface area contributed by atoms with Gasteiger partial charge >= 0.3 is 0 Å². The van der Waals surface area contributed by atoms with Crippen molar-refractivity contribution in [1.82, 2.24) is 4.98 Å². The number of para-hydroxylation sites is 1. The van der Waals surface area contributed by atoms with Crippen molar-refractivity contribution < 1.29 is 0 Å². The first-order chi connectivity index (χ1) is 8.88. The molecule has 0 spiro atoms. The third kappa shape index (κ3) is 1.82. The molecule has 3 rings (SSSR count). The number of fused-ring (bicyclic) bond motifs is 1. The van der Waals surface area contributed by atoms with Gasteiger partial charge < -0.3 is 5.32 Å². The van der Waals surface area contributed by atoms with Crippen LogP contribution in [0.15, 0.2) is 60.8 Å². The maximum atomic E-state index is 4.49. The molecule has 2 aromatic carbocycles. The van der Waals surface area contributed by atoms with Crippen LogP contribution in [-0.2, 0) is 0 Å². The van der Waals surface area contributed by atoms with Crippen LogP contribution in [0.5, 0.6) is 0 Å². The van der Waals surface area contributed by atoms with E-state index < -0.39 is 0 Å². The van der Waals surface area contributed by atoms with E-state index in [0.717, 1.165) is 11.2 Å². The zero-order valence-electron chi connectivity index (χ0n) is 10.2. The van der Waals surface area contributed by atoms with Crippen LogP contribution in [0.3, 0.4) is 0 Å². The second-order valence-corrected chi connectivity index (χ2v) is 4.21. The van der Waals surface area contributed by atoms with Crippen LogP contribution in [0.25, 0.3) is 22.0 Å². The standard InChI is InChI=1S/C16H14N2/c1-17-14-8-2-6-13(11-14)15-9-3-5-12-7-4-10-18-16(12)15/h2-11,17H,1H3. The van der Waals surface area contributed by atoms with Crippen LogP contribution in [-0.4, -0.2) is 12.0 Å². The molecule has 1 aromatic heterocycles. The van der Waals surface area contributed by atoms with Crippen molar-refractivity contribution in [2.24, 2.45) is 0 Å². The molecule has 1 N–H and O–H groups in total. The number of hydrogen-bond acceptors (Lipinski definition) is 2. The van der Waals surface area contributed by atoms with Gasteiger partial charge in [-0.25, -0.2) is 0 Å². The zero-order chi connectivity index (χ0) is 12.4. The Morgan fingerprint density at radius 1 is 0.944 bits per heavy atom. The predicted molar refractivity (Wildman–Crippen MR) is 76.7 cm³/mol. The molecule has 18 heavy (non-hydrogen) atoms. The summed E-state index contributed by atoms with van der Waals surface area (Å²) in [7, 11) is 1.93. The van der Waals surface area contributed by atoms with Gasteiger partial charge in [0.05, 0.1) is 5.52 Å². The molecule has 0 unspecified atom stereocenters. The van der Waals surface area contributed by atoms with Gasteiger partial charge in [0.25, 0.3) is 0 Å². The van der Waals surface area contributed by atoms with Crippen LogP contribution in [0.4, 0.5) is 5.69 Å². The van der Waals surface area contributed by atoms with Crippen LogP contribution in [0, 0.1) is 0 Å². The van der Waals surface area contributed by atoms with Gasteiger partial charge in [-0.1, -0.05) is 36.4 Å². The van der Waals surface area contributed by atoms with Gasteiger partial charge in [-0.2, -0.15) is 0 Å². The number of rotatable bonds is 2. The molecule has 0 radical (unpaired) electrons. The minimum absolute atomic E-state index is 1.05. The van der Waals surface area contributed by atoms with Crippen molar-refractivity contribution >= 4 is 16.6 Å². The quantitative estimate of drug-likeness (QED) is 0.726. The molecule has 2 nitrogen and oxygen atoms in total. The highest BCUT2D eigenvalue weighted by atomic mass is 14.8. The maximum absolute atomic E-state index is 4.49. The van der Waals surface area contributed by atoms with Crippen molar-refractivity contribution in [3.05, 3.63) is 60.8 Å². The van der Waals surface area contributed by atoms with Gasteiger partial charge in [0.1, 0.15) is 0 Å². The number of nitrogens with one attached hydrogen (secondary N) is 1. The Hall–Kier alpha value is -2.35. The first-order valence-corrected chi connectivity index (χ1v) is 6.00. The third-order valence-electron chi connectivity index (χ3n) is 3.09. The van der Waals surface area contributed by atoms with E-state index in [4.69, 9.17) is 0 Å². The Morgan fingerprint density at radius 2 is 1.78 bits per heavy atom.